The average molecular weight is 255 g/mol. The van der Waals surface area contributed by atoms with Gasteiger partial charge in [-0.15, -0.1) is 0 Å². The van der Waals surface area contributed by atoms with Crippen LogP contribution >= 0.6 is 0 Å². The molecule has 4 heteroatoms. The maximum atomic E-state index is 12.6. The first-order valence-corrected chi connectivity index (χ1v) is 6.86. The summed E-state index contributed by atoms with van der Waals surface area (Å²) in [5.74, 6) is -0.102. The predicted octanol–water partition coefficient (Wildman–Crippen LogP) is 2.38. The lowest BCUT2D eigenvalue weighted by Gasteiger charge is -2.31. The van der Waals surface area contributed by atoms with Crippen LogP contribution < -0.4 is 0 Å². The number of nitrogens with zero attached hydrogens (tertiary/aromatic N) is 1. The summed E-state index contributed by atoms with van der Waals surface area (Å²) in [6.45, 7) is 8.60. The summed E-state index contributed by atoms with van der Waals surface area (Å²) in [4.78, 5) is 25.0. The SMILES string of the molecule is CC(C)C(C(=O)N(CCC(=O)O)C1CC1)C(C)C. The highest BCUT2D eigenvalue weighted by Crippen LogP contribution is 2.31. The molecule has 4 nitrogen and oxygen atoms in total. The molecular formula is C14H25NO3. The molecule has 0 aromatic carbocycles. The molecule has 1 N–H and O–H groups in total. The van der Waals surface area contributed by atoms with Gasteiger partial charge in [-0.05, 0) is 24.7 Å². The van der Waals surface area contributed by atoms with Crippen molar-refractivity contribution in [3.63, 3.8) is 0 Å². The molecule has 0 atom stereocenters. The summed E-state index contributed by atoms with van der Waals surface area (Å²) < 4.78 is 0. The lowest BCUT2D eigenvalue weighted by molar-refractivity contribution is -0.141. The van der Waals surface area contributed by atoms with E-state index in [1.54, 1.807) is 4.90 Å². The molecule has 0 radical (unpaired) electrons. The van der Waals surface area contributed by atoms with Gasteiger partial charge in [0.1, 0.15) is 0 Å². The fraction of sp³-hybridized carbons (Fsp3) is 0.857. The van der Waals surface area contributed by atoms with E-state index in [1.165, 1.54) is 0 Å². The maximum absolute atomic E-state index is 12.6. The normalized spacial score (nSPS) is 15.5. The Morgan fingerprint density at radius 2 is 1.67 bits per heavy atom. The van der Waals surface area contributed by atoms with Crippen molar-refractivity contribution < 1.29 is 14.7 Å². The van der Waals surface area contributed by atoms with Crippen LogP contribution in [0.1, 0.15) is 47.0 Å². The highest BCUT2D eigenvalue weighted by Gasteiger charge is 2.37. The number of amides is 1. The van der Waals surface area contributed by atoms with Crippen molar-refractivity contribution in [2.24, 2.45) is 17.8 Å². The van der Waals surface area contributed by atoms with Gasteiger partial charge in [0.15, 0.2) is 0 Å². The number of rotatable bonds is 7. The zero-order valence-electron chi connectivity index (χ0n) is 11.8. The van der Waals surface area contributed by atoms with Gasteiger partial charge in [-0.25, -0.2) is 0 Å². The summed E-state index contributed by atoms with van der Waals surface area (Å²) in [5, 5.41) is 8.77. The van der Waals surface area contributed by atoms with Crippen LogP contribution in [-0.4, -0.2) is 34.5 Å². The van der Waals surface area contributed by atoms with E-state index in [1.807, 2.05) is 0 Å². The molecule has 0 unspecified atom stereocenters. The van der Waals surface area contributed by atoms with Crippen LogP contribution in [0.25, 0.3) is 0 Å². The number of hydrogen-bond donors (Lipinski definition) is 1. The Labute approximate surface area is 109 Å². The lowest BCUT2D eigenvalue weighted by Crippen LogP contribution is -2.42. The monoisotopic (exact) mass is 255 g/mol. The summed E-state index contributed by atoms with van der Waals surface area (Å²) in [6.07, 6.45) is 2.09. The van der Waals surface area contributed by atoms with Crippen molar-refractivity contribution in [1.29, 1.82) is 0 Å². The molecule has 1 rings (SSSR count). The fourth-order valence-corrected chi connectivity index (χ4v) is 2.61. The third-order valence-corrected chi connectivity index (χ3v) is 3.56. The standard InChI is InChI=1S/C14H25NO3/c1-9(2)13(10(3)4)14(18)15(11-5-6-11)8-7-12(16)17/h9-11,13H,5-8H2,1-4H3,(H,16,17). The minimum absolute atomic E-state index is 0.000560. The van der Waals surface area contributed by atoms with E-state index in [9.17, 15) is 9.59 Å². The van der Waals surface area contributed by atoms with Crippen molar-refractivity contribution in [2.75, 3.05) is 6.54 Å². The number of aliphatic carboxylic acids is 1. The molecule has 0 bridgehead atoms. The van der Waals surface area contributed by atoms with Gasteiger partial charge in [-0.2, -0.15) is 0 Å². The molecule has 1 fully saturated rings. The second kappa shape index (κ2) is 6.21. The van der Waals surface area contributed by atoms with E-state index in [0.717, 1.165) is 12.8 Å². The second-order valence-corrected chi connectivity index (χ2v) is 5.92. The molecular weight excluding hydrogens is 230 g/mol. The quantitative estimate of drug-likeness (QED) is 0.760. The van der Waals surface area contributed by atoms with Gasteiger partial charge in [-0.1, -0.05) is 27.7 Å². The molecule has 18 heavy (non-hydrogen) atoms. The van der Waals surface area contributed by atoms with Gasteiger partial charge >= 0.3 is 5.97 Å². The van der Waals surface area contributed by atoms with Gasteiger partial charge < -0.3 is 10.0 Å². The van der Waals surface area contributed by atoms with Gasteiger partial charge in [-0.3, -0.25) is 9.59 Å². The first-order chi connectivity index (χ1) is 8.34. The fourth-order valence-electron chi connectivity index (χ4n) is 2.61. The van der Waals surface area contributed by atoms with Gasteiger partial charge in [0.2, 0.25) is 5.91 Å². The third kappa shape index (κ3) is 4.00. The van der Waals surface area contributed by atoms with Crippen LogP contribution in [-0.2, 0) is 9.59 Å². The molecule has 0 aromatic heterocycles. The molecule has 1 aliphatic carbocycles. The van der Waals surface area contributed by atoms with E-state index >= 15 is 0 Å². The first kappa shape index (κ1) is 15.0. The Morgan fingerprint density at radius 1 is 1.17 bits per heavy atom. The minimum Gasteiger partial charge on any atom is -0.481 e. The minimum atomic E-state index is -0.834. The Morgan fingerprint density at radius 3 is 2.00 bits per heavy atom. The smallest absolute Gasteiger partial charge is 0.305 e. The van der Waals surface area contributed by atoms with Crippen LogP contribution in [0.15, 0.2) is 0 Å². The van der Waals surface area contributed by atoms with E-state index in [4.69, 9.17) is 5.11 Å². The molecule has 1 saturated carbocycles. The van der Waals surface area contributed by atoms with Crippen LogP contribution in [0, 0.1) is 17.8 Å². The maximum Gasteiger partial charge on any atom is 0.305 e. The largest absolute Gasteiger partial charge is 0.481 e. The van der Waals surface area contributed by atoms with Crippen LogP contribution in [0.4, 0.5) is 0 Å². The summed E-state index contributed by atoms with van der Waals surface area (Å²) in [6, 6.07) is 0.289. The molecule has 0 spiro atoms. The van der Waals surface area contributed by atoms with E-state index in [2.05, 4.69) is 27.7 Å². The molecule has 0 aromatic rings. The predicted molar refractivity (Wildman–Crippen MR) is 70.2 cm³/mol. The third-order valence-electron chi connectivity index (χ3n) is 3.56. The molecule has 104 valence electrons. The van der Waals surface area contributed by atoms with Crippen molar-refractivity contribution in [3.05, 3.63) is 0 Å². The zero-order chi connectivity index (χ0) is 13.9. The number of carboxylic acid groups (broad SMARTS) is 1. The number of hydrogen-bond acceptors (Lipinski definition) is 2. The Balaban J connectivity index is 2.71. The molecule has 0 heterocycles. The zero-order valence-corrected chi connectivity index (χ0v) is 11.8. The summed E-state index contributed by atoms with van der Waals surface area (Å²) in [7, 11) is 0. The summed E-state index contributed by atoms with van der Waals surface area (Å²) >= 11 is 0. The van der Waals surface area contributed by atoms with Gasteiger partial charge in [0, 0.05) is 18.5 Å². The highest BCUT2D eigenvalue weighted by molar-refractivity contribution is 5.80. The van der Waals surface area contributed by atoms with Crippen molar-refractivity contribution in [3.8, 4) is 0 Å². The number of carbonyl (C=O) groups is 2. The Hall–Kier alpha value is -1.06. The van der Waals surface area contributed by atoms with Gasteiger partial charge in [0.25, 0.3) is 0 Å². The second-order valence-electron chi connectivity index (χ2n) is 5.92. The number of carbonyl (C=O) groups excluding carboxylic acids is 1. The topological polar surface area (TPSA) is 57.6 Å². The lowest BCUT2D eigenvalue weighted by atomic mass is 9.84. The van der Waals surface area contributed by atoms with E-state index in [-0.39, 0.29) is 24.3 Å². The molecule has 1 aliphatic rings. The highest BCUT2D eigenvalue weighted by atomic mass is 16.4. The first-order valence-electron chi connectivity index (χ1n) is 6.86. The molecule has 1 amide bonds. The summed E-state index contributed by atoms with van der Waals surface area (Å²) in [5.41, 5.74) is 0. The van der Waals surface area contributed by atoms with Crippen molar-refractivity contribution in [2.45, 2.75) is 53.0 Å². The molecule has 0 saturated heterocycles. The molecule has 0 aliphatic heterocycles. The van der Waals surface area contributed by atoms with Crippen LogP contribution in [0.5, 0.6) is 0 Å². The Bertz CT molecular complexity index is 300. The van der Waals surface area contributed by atoms with Crippen LogP contribution in [0.2, 0.25) is 0 Å². The van der Waals surface area contributed by atoms with Crippen molar-refractivity contribution >= 4 is 11.9 Å². The van der Waals surface area contributed by atoms with Gasteiger partial charge in [0.05, 0.1) is 6.42 Å². The van der Waals surface area contributed by atoms with Crippen molar-refractivity contribution in [1.82, 2.24) is 4.90 Å². The average Bonchev–Trinajstić information content (AvgIpc) is 3.00. The van der Waals surface area contributed by atoms with E-state index in [0.29, 0.717) is 18.4 Å². The van der Waals surface area contributed by atoms with E-state index < -0.39 is 5.97 Å². The van der Waals surface area contributed by atoms with Crippen LogP contribution in [0.3, 0.4) is 0 Å². The Kier molecular flexibility index (Phi) is 5.17. The number of carboxylic acids is 1.